The van der Waals surface area contributed by atoms with Gasteiger partial charge in [0.1, 0.15) is 0 Å². The largest absolute Gasteiger partial charge is 0.494 e. The summed E-state index contributed by atoms with van der Waals surface area (Å²) < 4.78 is 18.8. The van der Waals surface area contributed by atoms with Gasteiger partial charge in [0, 0.05) is 5.56 Å². The maximum Gasteiger partial charge on any atom is 0.169 e. The van der Waals surface area contributed by atoms with Crippen molar-refractivity contribution in [1.82, 2.24) is 0 Å². The normalized spacial score (nSPS) is 14.4. The molecule has 1 rings (SSSR count). The van der Waals surface area contributed by atoms with Crippen molar-refractivity contribution in [2.45, 2.75) is 38.3 Å². The van der Waals surface area contributed by atoms with Gasteiger partial charge >= 0.3 is 0 Å². The third-order valence-electron chi connectivity index (χ3n) is 2.84. The number of aliphatic hydroxyl groups excluding tert-OH is 1. The number of nitrogens with two attached hydrogens (primary N) is 1. The van der Waals surface area contributed by atoms with Crippen LogP contribution in [0.4, 0.5) is 4.39 Å². The minimum absolute atomic E-state index is 0.153. The smallest absolute Gasteiger partial charge is 0.169 e. The number of hydrogen-bond donors (Lipinski definition) is 2. The van der Waals surface area contributed by atoms with Crippen molar-refractivity contribution >= 4 is 0 Å². The lowest BCUT2D eigenvalue weighted by atomic mass is 9.98. The van der Waals surface area contributed by atoms with Crippen LogP contribution in [0.1, 0.15) is 37.8 Å². The molecular weight excluding hydrogens is 221 g/mol. The SMILES string of the molecule is CCCC[C@H](O)[C@H](N)c1cccc(OC)c1F. The molecule has 0 saturated heterocycles. The van der Waals surface area contributed by atoms with E-state index in [1.807, 2.05) is 6.92 Å². The Labute approximate surface area is 101 Å². The molecule has 0 unspecified atom stereocenters. The predicted octanol–water partition coefficient (Wildman–Crippen LogP) is 2.39. The molecule has 0 amide bonds. The fourth-order valence-corrected chi connectivity index (χ4v) is 1.74. The van der Waals surface area contributed by atoms with Crippen LogP contribution < -0.4 is 10.5 Å². The van der Waals surface area contributed by atoms with Crippen LogP contribution in [-0.4, -0.2) is 18.3 Å². The summed E-state index contributed by atoms with van der Waals surface area (Å²) in [5.74, 6) is -0.335. The Morgan fingerprint density at radius 3 is 2.76 bits per heavy atom. The molecule has 96 valence electrons. The molecule has 0 bridgehead atoms. The molecule has 1 aromatic rings. The number of hydrogen-bond acceptors (Lipinski definition) is 3. The first kappa shape index (κ1) is 13.9. The first-order chi connectivity index (χ1) is 8.11. The molecule has 4 heteroatoms. The van der Waals surface area contributed by atoms with Gasteiger partial charge in [-0.3, -0.25) is 0 Å². The second-order valence-corrected chi connectivity index (χ2v) is 4.10. The van der Waals surface area contributed by atoms with E-state index < -0.39 is 18.0 Å². The summed E-state index contributed by atoms with van der Waals surface area (Å²) in [7, 11) is 1.40. The van der Waals surface area contributed by atoms with Crippen molar-refractivity contribution in [3.63, 3.8) is 0 Å². The van der Waals surface area contributed by atoms with Crippen molar-refractivity contribution in [3.05, 3.63) is 29.6 Å². The van der Waals surface area contributed by atoms with E-state index >= 15 is 0 Å². The Kier molecular flexibility index (Phi) is 5.38. The summed E-state index contributed by atoms with van der Waals surface area (Å²) in [5, 5.41) is 9.86. The van der Waals surface area contributed by atoms with Crippen molar-refractivity contribution in [3.8, 4) is 5.75 Å². The summed E-state index contributed by atoms with van der Waals surface area (Å²) in [4.78, 5) is 0. The van der Waals surface area contributed by atoms with E-state index in [9.17, 15) is 9.50 Å². The Hall–Kier alpha value is -1.13. The second kappa shape index (κ2) is 6.57. The van der Waals surface area contributed by atoms with Gasteiger partial charge in [-0.05, 0) is 12.5 Å². The third kappa shape index (κ3) is 3.41. The highest BCUT2D eigenvalue weighted by Crippen LogP contribution is 2.26. The minimum atomic E-state index is -0.725. The Bertz CT molecular complexity index is 357. The molecule has 0 saturated carbocycles. The lowest BCUT2D eigenvalue weighted by Crippen LogP contribution is -2.27. The predicted molar refractivity (Wildman–Crippen MR) is 65.4 cm³/mol. The standard InChI is InChI=1S/C13H20FNO2/c1-3-4-7-10(16)13(15)9-6-5-8-11(17-2)12(9)14/h5-6,8,10,13,16H,3-4,7,15H2,1-2H3/t10-,13+/m0/s1. The molecule has 0 radical (unpaired) electrons. The van der Waals surface area contributed by atoms with Gasteiger partial charge < -0.3 is 15.6 Å². The zero-order valence-corrected chi connectivity index (χ0v) is 10.3. The lowest BCUT2D eigenvalue weighted by Gasteiger charge is -2.20. The van der Waals surface area contributed by atoms with Gasteiger partial charge in [-0.2, -0.15) is 0 Å². The third-order valence-corrected chi connectivity index (χ3v) is 2.84. The van der Waals surface area contributed by atoms with Gasteiger partial charge in [-0.25, -0.2) is 4.39 Å². The molecule has 0 spiro atoms. The Morgan fingerprint density at radius 2 is 2.18 bits per heavy atom. The quantitative estimate of drug-likeness (QED) is 0.804. The molecular formula is C13H20FNO2. The van der Waals surface area contributed by atoms with Gasteiger partial charge in [0.15, 0.2) is 11.6 Å². The monoisotopic (exact) mass is 241 g/mol. The number of ether oxygens (including phenoxy) is 1. The fraction of sp³-hybridized carbons (Fsp3) is 0.538. The highest BCUT2D eigenvalue weighted by molar-refractivity contribution is 5.33. The fourth-order valence-electron chi connectivity index (χ4n) is 1.74. The number of benzene rings is 1. The number of aliphatic hydroxyl groups is 1. The van der Waals surface area contributed by atoms with Crippen LogP contribution in [0.2, 0.25) is 0 Å². The maximum atomic E-state index is 13.9. The number of unbranched alkanes of at least 4 members (excludes halogenated alkanes) is 1. The highest BCUT2D eigenvalue weighted by atomic mass is 19.1. The van der Waals surface area contributed by atoms with E-state index in [1.54, 1.807) is 12.1 Å². The van der Waals surface area contributed by atoms with Crippen LogP contribution in [-0.2, 0) is 0 Å². The van der Waals surface area contributed by atoms with Crippen molar-refractivity contribution in [2.24, 2.45) is 5.73 Å². The molecule has 0 aliphatic heterocycles. The van der Waals surface area contributed by atoms with Crippen LogP contribution in [0.25, 0.3) is 0 Å². The van der Waals surface area contributed by atoms with E-state index in [0.717, 1.165) is 12.8 Å². The average Bonchev–Trinajstić information content (AvgIpc) is 2.35. The molecule has 0 aromatic heterocycles. The molecule has 0 aliphatic rings. The van der Waals surface area contributed by atoms with Gasteiger partial charge in [-0.1, -0.05) is 31.9 Å². The van der Waals surface area contributed by atoms with E-state index in [1.165, 1.54) is 13.2 Å². The molecule has 0 aliphatic carbocycles. The number of halogens is 1. The van der Waals surface area contributed by atoms with Crippen LogP contribution >= 0.6 is 0 Å². The van der Waals surface area contributed by atoms with Gasteiger partial charge in [0.05, 0.1) is 19.3 Å². The summed E-state index contributed by atoms with van der Waals surface area (Å²) in [6.45, 7) is 2.03. The van der Waals surface area contributed by atoms with Crippen molar-refractivity contribution < 1.29 is 14.2 Å². The second-order valence-electron chi connectivity index (χ2n) is 4.10. The van der Waals surface area contributed by atoms with Crippen LogP contribution in [0, 0.1) is 5.82 Å². The first-order valence-corrected chi connectivity index (χ1v) is 5.87. The Morgan fingerprint density at radius 1 is 1.47 bits per heavy atom. The van der Waals surface area contributed by atoms with Crippen LogP contribution in [0.15, 0.2) is 18.2 Å². The maximum absolute atomic E-state index is 13.9. The van der Waals surface area contributed by atoms with E-state index in [0.29, 0.717) is 12.0 Å². The van der Waals surface area contributed by atoms with Gasteiger partial charge in [-0.15, -0.1) is 0 Å². The number of rotatable bonds is 6. The van der Waals surface area contributed by atoms with Crippen molar-refractivity contribution in [1.29, 1.82) is 0 Å². The van der Waals surface area contributed by atoms with E-state index in [4.69, 9.17) is 10.5 Å². The topological polar surface area (TPSA) is 55.5 Å². The average molecular weight is 241 g/mol. The van der Waals surface area contributed by atoms with Gasteiger partial charge in [0.25, 0.3) is 0 Å². The molecule has 1 aromatic carbocycles. The van der Waals surface area contributed by atoms with E-state index in [-0.39, 0.29) is 5.75 Å². The molecule has 2 atom stereocenters. The Balaban J connectivity index is 2.84. The molecule has 0 heterocycles. The summed E-state index contributed by atoms with van der Waals surface area (Å²) in [6.07, 6.45) is 1.70. The molecule has 3 nitrogen and oxygen atoms in total. The summed E-state index contributed by atoms with van der Waals surface area (Å²) in [5.41, 5.74) is 6.16. The molecule has 0 fully saturated rings. The molecule has 17 heavy (non-hydrogen) atoms. The summed E-state index contributed by atoms with van der Waals surface area (Å²) >= 11 is 0. The first-order valence-electron chi connectivity index (χ1n) is 5.87. The minimum Gasteiger partial charge on any atom is -0.494 e. The molecule has 3 N–H and O–H groups in total. The van der Waals surface area contributed by atoms with Crippen molar-refractivity contribution in [2.75, 3.05) is 7.11 Å². The lowest BCUT2D eigenvalue weighted by molar-refractivity contribution is 0.130. The number of methoxy groups -OCH3 is 1. The van der Waals surface area contributed by atoms with Crippen LogP contribution in [0.5, 0.6) is 5.75 Å². The van der Waals surface area contributed by atoms with Crippen LogP contribution in [0.3, 0.4) is 0 Å². The summed E-state index contributed by atoms with van der Waals surface area (Å²) in [6, 6.07) is 4.07. The van der Waals surface area contributed by atoms with E-state index in [2.05, 4.69) is 0 Å². The van der Waals surface area contributed by atoms with Gasteiger partial charge in [0.2, 0.25) is 0 Å². The zero-order chi connectivity index (χ0) is 12.8. The highest BCUT2D eigenvalue weighted by Gasteiger charge is 2.21. The zero-order valence-electron chi connectivity index (χ0n) is 10.3.